The third-order valence-electron chi connectivity index (χ3n) is 3.42. The van der Waals surface area contributed by atoms with Gasteiger partial charge in [-0.05, 0) is 31.4 Å². The molecule has 2 atom stereocenters. The Kier molecular flexibility index (Phi) is 7.72. The number of halogens is 1. The van der Waals surface area contributed by atoms with Crippen LogP contribution in [0.1, 0.15) is 46.5 Å². The lowest BCUT2D eigenvalue weighted by Crippen LogP contribution is -2.29. The van der Waals surface area contributed by atoms with Crippen LogP contribution in [0.5, 0.6) is 0 Å². The standard InChI is InChI=1S/C18H25ClO3/c1-5-13-21-17(20)16-9-11-18(19,12-10-16)22-15(4)8-6-7-14(2)3/h1,9-11,14-15H,6-8,12-13H2,2-4H3. The SMILES string of the molecule is C#CCOC(=O)C1=CCC(Cl)(OC(C)CCCC(C)C)C=C1. The van der Waals surface area contributed by atoms with Gasteiger partial charge in [0.15, 0.2) is 11.7 Å². The van der Waals surface area contributed by atoms with Crippen LogP contribution in [-0.2, 0) is 14.3 Å². The molecule has 22 heavy (non-hydrogen) atoms. The predicted octanol–water partition coefficient (Wildman–Crippen LogP) is 4.22. The third kappa shape index (κ3) is 6.68. The maximum Gasteiger partial charge on any atom is 0.338 e. The fraction of sp³-hybridized carbons (Fsp3) is 0.611. The Morgan fingerprint density at radius 3 is 2.73 bits per heavy atom. The summed E-state index contributed by atoms with van der Waals surface area (Å²) in [5.41, 5.74) is 0.461. The van der Waals surface area contributed by atoms with E-state index in [1.54, 1.807) is 18.2 Å². The number of alkyl halides is 1. The van der Waals surface area contributed by atoms with Crippen molar-refractivity contribution in [2.75, 3.05) is 6.61 Å². The average Bonchev–Trinajstić information content (AvgIpc) is 2.44. The first-order valence-electron chi connectivity index (χ1n) is 7.73. The second-order valence-corrected chi connectivity index (χ2v) is 6.66. The predicted molar refractivity (Wildman–Crippen MR) is 89.5 cm³/mol. The van der Waals surface area contributed by atoms with Crippen LogP contribution in [0.25, 0.3) is 0 Å². The Hall–Kier alpha value is -1.24. The summed E-state index contributed by atoms with van der Waals surface area (Å²) >= 11 is 6.45. The summed E-state index contributed by atoms with van der Waals surface area (Å²) in [5, 5.41) is -0.882. The Balaban J connectivity index is 2.44. The van der Waals surface area contributed by atoms with Gasteiger partial charge in [0.25, 0.3) is 0 Å². The fourth-order valence-corrected chi connectivity index (χ4v) is 2.53. The lowest BCUT2D eigenvalue weighted by atomic mass is 10.0. The zero-order valence-corrected chi connectivity index (χ0v) is 14.4. The van der Waals surface area contributed by atoms with Crippen LogP contribution >= 0.6 is 11.6 Å². The van der Waals surface area contributed by atoms with Crippen molar-refractivity contribution < 1.29 is 14.3 Å². The van der Waals surface area contributed by atoms with Crippen LogP contribution in [0.4, 0.5) is 0 Å². The van der Waals surface area contributed by atoms with Gasteiger partial charge in [-0.3, -0.25) is 0 Å². The summed E-state index contributed by atoms with van der Waals surface area (Å²) in [5.74, 6) is 2.53. The van der Waals surface area contributed by atoms with Crippen molar-refractivity contribution in [2.24, 2.45) is 5.92 Å². The largest absolute Gasteiger partial charge is 0.449 e. The molecule has 3 nitrogen and oxygen atoms in total. The molecule has 0 aromatic carbocycles. The van der Waals surface area contributed by atoms with Crippen molar-refractivity contribution >= 4 is 17.6 Å². The van der Waals surface area contributed by atoms with Crippen LogP contribution in [0.3, 0.4) is 0 Å². The molecule has 1 aliphatic rings. The van der Waals surface area contributed by atoms with Crippen LogP contribution < -0.4 is 0 Å². The molecule has 0 radical (unpaired) electrons. The first kappa shape index (κ1) is 18.8. The molecule has 0 amide bonds. The quantitative estimate of drug-likeness (QED) is 0.381. The number of hydrogen-bond donors (Lipinski definition) is 0. The van der Waals surface area contributed by atoms with E-state index in [2.05, 4.69) is 19.8 Å². The Bertz CT molecular complexity index is 473. The number of rotatable bonds is 8. The van der Waals surface area contributed by atoms with Gasteiger partial charge in [-0.1, -0.05) is 50.3 Å². The molecule has 1 aliphatic carbocycles. The molecule has 0 spiro atoms. The molecule has 0 heterocycles. The lowest BCUT2D eigenvalue weighted by Gasteiger charge is -2.29. The van der Waals surface area contributed by atoms with E-state index in [1.807, 2.05) is 6.92 Å². The zero-order chi connectivity index (χ0) is 16.6. The van der Waals surface area contributed by atoms with E-state index < -0.39 is 11.0 Å². The van der Waals surface area contributed by atoms with E-state index in [-0.39, 0.29) is 12.7 Å². The number of ether oxygens (including phenoxy) is 2. The summed E-state index contributed by atoms with van der Waals surface area (Å²) in [6.45, 7) is 6.42. The van der Waals surface area contributed by atoms with Crippen molar-refractivity contribution in [2.45, 2.75) is 57.6 Å². The van der Waals surface area contributed by atoms with Gasteiger partial charge in [0.05, 0.1) is 11.7 Å². The summed E-state index contributed by atoms with van der Waals surface area (Å²) in [4.78, 5) is 11.7. The summed E-state index contributed by atoms with van der Waals surface area (Å²) in [7, 11) is 0. The number of carbonyl (C=O) groups is 1. The highest BCUT2D eigenvalue weighted by molar-refractivity contribution is 6.24. The van der Waals surface area contributed by atoms with Crippen molar-refractivity contribution in [3.63, 3.8) is 0 Å². The third-order valence-corrected chi connectivity index (χ3v) is 3.79. The van der Waals surface area contributed by atoms with E-state index in [0.29, 0.717) is 17.9 Å². The Morgan fingerprint density at radius 2 is 2.18 bits per heavy atom. The minimum Gasteiger partial charge on any atom is -0.449 e. The molecule has 4 heteroatoms. The van der Waals surface area contributed by atoms with Gasteiger partial charge < -0.3 is 9.47 Å². The highest BCUT2D eigenvalue weighted by atomic mass is 35.5. The van der Waals surface area contributed by atoms with Gasteiger partial charge in [0.2, 0.25) is 0 Å². The Labute approximate surface area is 138 Å². The summed E-state index contributed by atoms with van der Waals surface area (Å²) in [6, 6.07) is 0. The summed E-state index contributed by atoms with van der Waals surface area (Å²) < 4.78 is 10.8. The molecule has 122 valence electrons. The van der Waals surface area contributed by atoms with Crippen molar-refractivity contribution in [1.29, 1.82) is 0 Å². The smallest absolute Gasteiger partial charge is 0.338 e. The Morgan fingerprint density at radius 1 is 1.45 bits per heavy atom. The molecule has 0 N–H and O–H groups in total. The van der Waals surface area contributed by atoms with Gasteiger partial charge in [-0.25, -0.2) is 4.79 Å². The van der Waals surface area contributed by atoms with Gasteiger partial charge in [-0.2, -0.15) is 0 Å². The highest BCUT2D eigenvalue weighted by Gasteiger charge is 2.29. The molecule has 0 aliphatic heterocycles. The van der Waals surface area contributed by atoms with Crippen molar-refractivity contribution in [3.8, 4) is 12.3 Å². The molecule has 0 fully saturated rings. The van der Waals surface area contributed by atoms with Gasteiger partial charge in [0.1, 0.15) is 0 Å². The topological polar surface area (TPSA) is 35.5 Å². The monoisotopic (exact) mass is 324 g/mol. The average molecular weight is 325 g/mol. The van der Waals surface area contributed by atoms with E-state index in [0.717, 1.165) is 12.8 Å². The molecule has 0 saturated carbocycles. The molecule has 1 rings (SSSR count). The summed E-state index contributed by atoms with van der Waals surface area (Å²) in [6.07, 6.45) is 13.9. The lowest BCUT2D eigenvalue weighted by molar-refractivity contribution is -0.137. The molecule has 0 bridgehead atoms. The van der Waals surface area contributed by atoms with Gasteiger partial charge >= 0.3 is 5.97 Å². The molecular weight excluding hydrogens is 300 g/mol. The van der Waals surface area contributed by atoms with Crippen LogP contribution in [-0.4, -0.2) is 23.7 Å². The fourth-order valence-electron chi connectivity index (χ4n) is 2.24. The van der Waals surface area contributed by atoms with Crippen LogP contribution in [0.15, 0.2) is 23.8 Å². The van der Waals surface area contributed by atoms with E-state index in [1.165, 1.54) is 6.42 Å². The number of hydrogen-bond acceptors (Lipinski definition) is 3. The molecule has 0 aromatic rings. The van der Waals surface area contributed by atoms with Crippen molar-refractivity contribution in [1.82, 2.24) is 0 Å². The van der Waals surface area contributed by atoms with Crippen LogP contribution in [0.2, 0.25) is 0 Å². The van der Waals surface area contributed by atoms with Crippen molar-refractivity contribution in [3.05, 3.63) is 23.8 Å². The molecular formula is C18H25ClO3. The second-order valence-electron chi connectivity index (χ2n) is 6.02. The minimum absolute atomic E-state index is 0.0284. The van der Waals surface area contributed by atoms with Crippen LogP contribution in [0, 0.1) is 18.3 Å². The van der Waals surface area contributed by atoms with E-state index >= 15 is 0 Å². The zero-order valence-electron chi connectivity index (χ0n) is 13.6. The van der Waals surface area contributed by atoms with Gasteiger partial charge in [-0.15, -0.1) is 6.42 Å². The number of carbonyl (C=O) groups excluding carboxylic acids is 1. The normalized spacial score (nSPS) is 22.1. The second kappa shape index (κ2) is 9.02. The molecule has 0 aromatic heterocycles. The number of terminal acetylenes is 1. The molecule has 2 unspecified atom stereocenters. The number of esters is 1. The van der Waals surface area contributed by atoms with Gasteiger partial charge in [0, 0.05) is 6.42 Å². The first-order chi connectivity index (χ1) is 10.4. The maximum atomic E-state index is 11.7. The highest BCUT2D eigenvalue weighted by Crippen LogP contribution is 2.31. The molecule has 0 saturated heterocycles. The first-order valence-corrected chi connectivity index (χ1v) is 8.11. The van der Waals surface area contributed by atoms with E-state index in [4.69, 9.17) is 27.5 Å². The maximum absolute atomic E-state index is 11.7. The minimum atomic E-state index is -0.882. The van der Waals surface area contributed by atoms with E-state index in [9.17, 15) is 4.79 Å².